The molecular formula is C10H13BN2O3. The van der Waals surface area contributed by atoms with E-state index in [1.165, 1.54) is 5.98 Å². The lowest BCUT2D eigenvalue weighted by Crippen LogP contribution is -2.31. The van der Waals surface area contributed by atoms with Gasteiger partial charge in [0, 0.05) is 11.9 Å². The first-order valence-corrected chi connectivity index (χ1v) is 5.24. The largest absolute Gasteiger partial charge is 0.483 e. The van der Waals surface area contributed by atoms with Crippen molar-refractivity contribution in [2.75, 3.05) is 6.61 Å². The lowest BCUT2D eigenvalue weighted by Gasteiger charge is -2.19. The van der Waals surface area contributed by atoms with Crippen molar-refractivity contribution in [3.63, 3.8) is 0 Å². The van der Waals surface area contributed by atoms with Gasteiger partial charge in [0.05, 0.1) is 6.61 Å². The average Bonchev–Trinajstić information content (AvgIpc) is 2.32. The van der Waals surface area contributed by atoms with Gasteiger partial charge in [0.1, 0.15) is 6.10 Å². The monoisotopic (exact) mass is 220 g/mol. The molecule has 1 atom stereocenters. The number of hydrogen-bond donors (Lipinski definition) is 1. The topological polar surface area (TPSA) is 64.5 Å². The summed E-state index contributed by atoms with van der Waals surface area (Å²) >= 11 is 0. The molecule has 0 saturated carbocycles. The maximum atomic E-state index is 9.08. The molecule has 1 aliphatic rings. The highest BCUT2D eigenvalue weighted by Gasteiger charge is 2.20. The summed E-state index contributed by atoms with van der Waals surface area (Å²) in [6.07, 6.45) is 4.02. The second kappa shape index (κ2) is 5.09. The molecule has 1 aromatic rings. The zero-order valence-electron chi connectivity index (χ0n) is 9.04. The second-order valence-electron chi connectivity index (χ2n) is 3.45. The molecule has 6 heteroatoms. The molecule has 1 N–H and O–H groups in total. The van der Waals surface area contributed by atoms with Crippen molar-refractivity contribution in [2.45, 2.75) is 19.4 Å². The van der Waals surface area contributed by atoms with Gasteiger partial charge in [-0.1, -0.05) is 12.9 Å². The third-order valence-corrected chi connectivity index (χ3v) is 2.23. The Labute approximate surface area is 94.3 Å². The Hall–Kier alpha value is -1.40. The molecule has 1 unspecified atom stereocenters. The standard InChI is InChI=1S/C10H13BN2O3/c1-2-8-4-6-12-10(13-8)16-9-3-5-11(14)15-7-9/h3-6,9,14H,2,7H2,1H3. The zero-order valence-corrected chi connectivity index (χ0v) is 9.04. The summed E-state index contributed by atoms with van der Waals surface area (Å²) in [5.74, 6) is 1.54. The molecule has 1 aromatic heterocycles. The van der Waals surface area contributed by atoms with E-state index in [1.807, 2.05) is 13.0 Å². The fraction of sp³-hybridized carbons (Fsp3) is 0.400. The first-order chi connectivity index (χ1) is 7.78. The lowest BCUT2D eigenvalue weighted by atomic mass is 9.88. The van der Waals surface area contributed by atoms with Gasteiger partial charge in [0.25, 0.3) is 0 Å². The Bertz CT molecular complexity index is 386. The van der Waals surface area contributed by atoms with Crippen LogP contribution in [0.4, 0.5) is 0 Å². The summed E-state index contributed by atoms with van der Waals surface area (Å²) < 4.78 is 10.5. The molecule has 0 fully saturated rings. The maximum Gasteiger partial charge on any atom is 0.483 e. The smallest absolute Gasteiger partial charge is 0.454 e. The van der Waals surface area contributed by atoms with E-state index in [0.29, 0.717) is 12.6 Å². The number of aromatic nitrogens is 2. The molecule has 2 heterocycles. The van der Waals surface area contributed by atoms with Gasteiger partial charge in [-0.3, -0.25) is 0 Å². The Morgan fingerprint density at radius 3 is 3.25 bits per heavy atom. The molecule has 2 rings (SSSR count). The van der Waals surface area contributed by atoms with Gasteiger partial charge >= 0.3 is 13.1 Å². The van der Waals surface area contributed by atoms with Gasteiger partial charge < -0.3 is 14.4 Å². The van der Waals surface area contributed by atoms with Crippen LogP contribution < -0.4 is 4.74 Å². The van der Waals surface area contributed by atoms with Crippen molar-refractivity contribution in [1.82, 2.24) is 9.97 Å². The van der Waals surface area contributed by atoms with Crippen molar-refractivity contribution in [3.05, 3.63) is 30.0 Å². The molecule has 16 heavy (non-hydrogen) atoms. The first-order valence-electron chi connectivity index (χ1n) is 5.24. The molecular weight excluding hydrogens is 207 g/mol. The fourth-order valence-corrected chi connectivity index (χ4v) is 1.36. The van der Waals surface area contributed by atoms with Crippen LogP contribution in [-0.4, -0.2) is 34.8 Å². The minimum atomic E-state index is -0.831. The predicted octanol–water partition coefficient (Wildman–Crippen LogP) is 0.392. The van der Waals surface area contributed by atoms with Gasteiger partial charge in [-0.2, -0.15) is 0 Å². The third kappa shape index (κ3) is 2.80. The Morgan fingerprint density at radius 2 is 2.56 bits per heavy atom. The van der Waals surface area contributed by atoms with Crippen LogP contribution in [0.15, 0.2) is 24.3 Å². The molecule has 0 aliphatic carbocycles. The Balaban J connectivity index is 2.01. The van der Waals surface area contributed by atoms with E-state index in [9.17, 15) is 0 Å². The quantitative estimate of drug-likeness (QED) is 0.746. The summed E-state index contributed by atoms with van der Waals surface area (Å²) in [6.45, 7) is 2.32. The highest BCUT2D eigenvalue weighted by molar-refractivity contribution is 6.49. The van der Waals surface area contributed by atoms with E-state index < -0.39 is 7.12 Å². The summed E-state index contributed by atoms with van der Waals surface area (Å²) in [5.41, 5.74) is 0.936. The van der Waals surface area contributed by atoms with Crippen molar-refractivity contribution in [3.8, 4) is 6.01 Å². The van der Waals surface area contributed by atoms with Gasteiger partial charge in [-0.15, -0.1) is 0 Å². The third-order valence-electron chi connectivity index (χ3n) is 2.23. The van der Waals surface area contributed by atoms with Crippen LogP contribution in [-0.2, 0) is 11.1 Å². The number of ether oxygens (including phenoxy) is 1. The molecule has 5 nitrogen and oxygen atoms in total. The van der Waals surface area contributed by atoms with E-state index in [4.69, 9.17) is 14.4 Å². The molecule has 1 aliphatic heterocycles. The number of nitrogens with zero attached hydrogens (tertiary/aromatic N) is 2. The van der Waals surface area contributed by atoms with E-state index in [1.54, 1.807) is 12.3 Å². The molecule has 0 saturated heterocycles. The normalized spacial score (nSPS) is 19.9. The van der Waals surface area contributed by atoms with Crippen molar-refractivity contribution >= 4 is 7.12 Å². The van der Waals surface area contributed by atoms with Crippen LogP contribution in [0.5, 0.6) is 6.01 Å². The maximum absolute atomic E-state index is 9.08. The van der Waals surface area contributed by atoms with E-state index in [0.717, 1.165) is 12.1 Å². The average molecular weight is 220 g/mol. The highest BCUT2D eigenvalue weighted by Crippen LogP contribution is 2.10. The molecule has 0 aromatic carbocycles. The summed E-state index contributed by atoms with van der Waals surface area (Å²) in [5, 5.41) is 9.08. The Kier molecular flexibility index (Phi) is 3.53. The first kappa shape index (κ1) is 11.1. The minimum Gasteiger partial charge on any atom is -0.454 e. The summed E-state index contributed by atoms with van der Waals surface area (Å²) in [7, 11) is -0.831. The van der Waals surface area contributed by atoms with Crippen LogP contribution in [0.1, 0.15) is 12.6 Å². The highest BCUT2D eigenvalue weighted by atomic mass is 16.6. The second-order valence-corrected chi connectivity index (χ2v) is 3.45. The molecule has 0 amide bonds. The Morgan fingerprint density at radius 1 is 1.69 bits per heavy atom. The van der Waals surface area contributed by atoms with Gasteiger partial charge in [-0.05, 0) is 18.6 Å². The van der Waals surface area contributed by atoms with E-state index >= 15 is 0 Å². The number of hydrogen-bond acceptors (Lipinski definition) is 5. The van der Waals surface area contributed by atoms with Crippen LogP contribution in [0.2, 0.25) is 0 Å². The van der Waals surface area contributed by atoms with Crippen molar-refractivity contribution in [1.29, 1.82) is 0 Å². The fourth-order valence-electron chi connectivity index (χ4n) is 1.36. The zero-order chi connectivity index (χ0) is 11.4. The molecule has 84 valence electrons. The molecule has 0 radical (unpaired) electrons. The number of rotatable bonds is 3. The van der Waals surface area contributed by atoms with Crippen LogP contribution in [0.25, 0.3) is 0 Å². The van der Waals surface area contributed by atoms with E-state index in [2.05, 4.69) is 9.97 Å². The van der Waals surface area contributed by atoms with Crippen molar-refractivity contribution < 1.29 is 14.4 Å². The minimum absolute atomic E-state index is 0.240. The van der Waals surface area contributed by atoms with Crippen LogP contribution in [0, 0.1) is 0 Å². The van der Waals surface area contributed by atoms with Crippen molar-refractivity contribution in [2.24, 2.45) is 0 Å². The van der Waals surface area contributed by atoms with Gasteiger partial charge in [0.15, 0.2) is 0 Å². The molecule has 0 spiro atoms. The van der Waals surface area contributed by atoms with Crippen LogP contribution >= 0.6 is 0 Å². The van der Waals surface area contributed by atoms with Crippen LogP contribution in [0.3, 0.4) is 0 Å². The SMILES string of the molecule is CCc1ccnc(OC2C=CB(O)OC2)n1. The number of aryl methyl sites for hydroxylation is 1. The molecule has 0 bridgehead atoms. The van der Waals surface area contributed by atoms with Gasteiger partial charge in [0.2, 0.25) is 0 Å². The van der Waals surface area contributed by atoms with Gasteiger partial charge in [-0.25, -0.2) is 9.97 Å². The summed E-state index contributed by atoms with van der Waals surface area (Å²) in [6, 6.07) is 2.19. The summed E-state index contributed by atoms with van der Waals surface area (Å²) in [4.78, 5) is 8.23. The van der Waals surface area contributed by atoms with E-state index in [-0.39, 0.29) is 6.10 Å². The predicted molar refractivity (Wildman–Crippen MR) is 58.9 cm³/mol. The lowest BCUT2D eigenvalue weighted by molar-refractivity contribution is 0.133.